The molecule has 0 saturated carbocycles. The number of carbonyl (C=O) groups is 1. The maximum absolute atomic E-state index is 13.1. The predicted molar refractivity (Wildman–Crippen MR) is 94.8 cm³/mol. The van der Waals surface area contributed by atoms with E-state index in [1.165, 1.54) is 12.1 Å². The van der Waals surface area contributed by atoms with Crippen molar-refractivity contribution in [2.75, 3.05) is 20.1 Å². The normalized spacial score (nSPS) is 20.7. The van der Waals surface area contributed by atoms with Crippen LogP contribution in [-0.2, 0) is 4.79 Å². The van der Waals surface area contributed by atoms with E-state index in [4.69, 9.17) is 0 Å². The van der Waals surface area contributed by atoms with Gasteiger partial charge < -0.3 is 10.2 Å². The minimum atomic E-state index is -0.270. The van der Waals surface area contributed by atoms with Crippen LogP contribution >= 0.6 is 0 Å². The van der Waals surface area contributed by atoms with E-state index in [2.05, 4.69) is 24.3 Å². The second kappa shape index (κ2) is 7.35. The fourth-order valence-electron chi connectivity index (χ4n) is 3.41. The predicted octanol–water partition coefficient (Wildman–Crippen LogP) is 2.78. The highest BCUT2D eigenvalue weighted by Crippen LogP contribution is 2.36. The summed E-state index contributed by atoms with van der Waals surface area (Å²) in [6.07, 6.45) is 4.29. The average Bonchev–Trinajstić information content (AvgIpc) is 3.14. The topological polar surface area (TPSA) is 50.2 Å². The zero-order valence-corrected chi connectivity index (χ0v) is 14.9. The van der Waals surface area contributed by atoms with Crippen LogP contribution in [0.25, 0.3) is 5.69 Å². The molecular formula is C19H25FN4O. The Balaban J connectivity index is 1.78. The number of nitrogens with zero attached hydrogens (tertiary/aromatic N) is 3. The van der Waals surface area contributed by atoms with Gasteiger partial charge in [0.15, 0.2) is 0 Å². The highest BCUT2D eigenvalue weighted by molar-refractivity contribution is 5.79. The molecule has 0 aliphatic carbocycles. The molecule has 25 heavy (non-hydrogen) atoms. The Hall–Kier alpha value is -2.21. The van der Waals surface area contributed by atoms with Crippen molar-refractivity contribution in [1.82, 2.24) is 20.0 Å². The third-order valence-electron chi connectivity index (χ3n) is 4.69. The smallest absolute Gasteiger partial charge is 0.223 e. The van der Waals surface area contributed by atoms with E-state index < -0.39 is 0 Å². The molecule has 2 atom stereocenters. The summed E-state index contributed by atoms with van der Waals surface area (Å²) in [6.45, 7) is 6.09. The summed E-state index contributed by atoms with van der Waals surface area (Å²) in [4.78, 5) is 14.0. The minimum Gasteiger partial charge on any atom is -0.338 e. The molecule has 1 aromatic carbocycles. The fourth-order valence-corrected chi connectivity index (χ4v) is 3.41. The third kappa shape index (κ3) is 3.90. The van der Waals surface area contributed by atoms with Crippen LogP contribution in [0.4, 0.5) is 4.39 Å². The van der Waals surface area contributed by atoms with Crippen molar-refractivity contribution < 1.29 is 9.18 Å². The lowest BCUT2D eigenvalue weighted by atomic mass is 9.95. The molecule has 1 amide bonds. The van der Waals surface area contributed by atoms with Gasteiger partial charge in [-0.15, -0.1) is 0 Å². The summed E-state index contributed by atoms with van der Waals surface area (Å²) >= 11 is 0. The molecule has 0 unspecified atom stereocenters. The van der Waals surface area contributed by atoms with E-state index in [0.717, 1.165) is 24.3 Å². The number of benzene rings is 1. The monoisotopic (exact) mass is 344 g/mol. The van der Waals surface area contributed by atoms with Crippen LogP contribution in [0.5, 0.6) is 0 Å². The lowest BCUT2D eigenvalue weighted by molar-refractivity contribution is -0.127. The summed E-state index contributed by atoms with van der Waals surface area (Å²) in [5.41, 5.74) is 1.81. The van der Waals surface area contributed by atoms with E-state index in [-0.39, 0.29) is 23.7 Å². The van der Waals surface area contributed by atoms with Gasteiger partial charge in [0.2, 0.25) is 5.91 Å². The van der Waals surface area contributed by atoms with E-state index in [1.54, 1.807) is 23.0 Å². The maximum Gasteiger partial charge on any atom is 0.223 e. The van der Waals surface area contributed by atoms with Crippen molar-refractivity contribution in [3.05, 3.63) is 48.0 Å². The van der Waals surface area contributed by atoms with Gasteiger partial charge in [-0.25, -0.2) is 9.07 Å². The van der Waals surface area contributed by atoms with Gasteiger partial charge in [-0.3, -0.25) is 4.79 Å². The Labute approximate surface area is 147 Å². The van der Waals surface area contributed by atoms with Crippen molar-refractivity contribution in [2.24, 2.45) is 11.8 Å². The van der Waals surface area contributed by atoms with Crippen molar-refractivity contribution in [3.8, 4) is 5.69 Å². The van der Waals surface area contributed by atoms with Gasteiger partial charge in [0.25, 0.3) is 0 Å². The third-order valence-corrected chi connectivity index (χ3v) is 4.69. The standard InChI is InChI=1S/C19H25FN4O/c1-13(2)9-21-10-14-8-18(25)23(3)19(14)15-11-22-24(12-15)17-6-4-16(20)5-7-17/h4-7,11-14,19,21H,8-10H2,1-3H3/t14-,19+/m0/s1. The molecule has 1 N–H and O–H groups in total. The van der Waals surface area contributed by atoms with Crippen molar-refractivity contribution in [3.63, 3.8) is 0 Å². The lowest BCUT2D eigenvalue weighted by Gasteiger charge is -2.24. The van der Waals surface area contributed by atoms with Gasteiger partial charge in [-0.05, 0) is 36.7 Å². The number of amides is 1. The zero-order chi connectivity index (χ0) is 18.0. The van der Waals surface area contributed by atoms with Gasteiger partial charge in [0, 0.05) is 37.7 Å². The highest BCUT2D eigenvalue weighted by Gasteiger charge is 2.38. The molecule has 1 aromatic heterocycles. The largest absolute Gasteiger partial charge is 0.338 e. The molecule has 1 fully saturated rings. The highest BCUT2D eigenvalue weighted by atomic mass is 19.1. The summed E-state index contributed by atoms with van der Waals surface area (Å²) in [6, 6.07) is 6.23. The van der Waals surface area contributed by atoms with E-state index in [1.807, 2.05) is 18.1 Å². The minimum absolute atomic E-state index is 0.0151. The van der Waals surface area contributed by atoms with Gasteiger partial charge in [0.05, 0.1) is 17.9 Å². The summed E-state index contributed by atoms with van der Waals surface area (Å²) in [7, 11) is 1.85. The zero-order valence-electron chi connectivity index (χ0n) is 14.9. The van der Waals surface area contributed by atoms with Crippen LogP contribution in [0.1, 0.15) is 31.9 Å². The molecule has 0 spiro atoms. The average molecular weight is 344 g/mol. The summed E-state index contributed by atoms with van der Waals surface area (Å²) < 4.78 is 14.8. The van der Waals surface area contributed by atoms with E-state index in [0.29, 0.717) is 12.3 Å². The van der Waals surface area contributed by atoms with Crippen LogP contribution < -0.4 is 5.32 Å². The Morgan fingerprint density at radius 2 is 2.04 bits per heavy atom. The molecule has 2 aromatic rings. The number of hydrogen-bond donors (Lipinski definition) is 1. The molecular weight excluding hydrogens is 319 g/mol. The Morgan fingerprint density at radius 1 is 1.32 bits per heavy atom. The lowest BCUT2D eigenvalue weighted by Crippen LogP contribution is -2.30. The molecule has 0 radical (unpaired) electrons. The number of carbonyl (C=O) groups excluding carboxylic acids is 1. The number of nitrogens with one attached hydrogen (secondary N) is 1. The first-order valence-corrected chi connectivity index (χ1v) is 8.72. The fraction of sp³-hybridized carbons (Fsp3) is 0.474. The van der Waals surface area contributed by atoms with Gasteiger partial charge in [0.1, 0.15) is 5.82 Å². The summed E-state index contributed by atoms with van der Waals surface area (Å²) in [5, 5.41) is 7.86. The first-order chi connectivity index (χ1) is 12.0. The van der Waals surface area contributed by atoms with Gasteiger partial charge in [-0.1, -0.05) is 13.8 Å². The summed E-state index contributed by atoms with van der Waals surface area (Å²) in [5.74, 6) is 0.695. The number of hydrogen-bond acceptors (Lipinski definition) is 3. The number of likely N-dealkylation sites (tertiary alicyclic amines) is 1. The maximum atomic E-state index is 13.1. The number of aromatic nitrogens is 2. The molecule has 2 heterocycles. The molecule has 134 valence electrons. The Bertz CT molecular complexity index is 725. The van der Waals surface area contributed by atoms with E-state index in [9.17, 15) is 9.18 Å². The Morgan fingerprint density at radius 3 is 2.72 bits per heavy atom. The van der Waals surface area contributed by atoms with E-state index >= 15 is 0 Å². The van der Waals surface area contributed by atoms with Crippen molar-refractivity contribution in [2.45, 2.75) is 26.3 Å². The molecule has 1 aliphatic heterocycles. The molecule has 6 heteroatoms. The van der Waals surface area contributed by atoms with Crippen LogP contribution in [0.15, 0.2) is 36.7 Å². The molecule has 1 saturated heterocycles. The first kappa shape index (κ1) is 17.6. The number of rotatable bonds is 6. The first-order valence-electron chi connectivity index (χ1n) is 8.72. The molecule has 3 rings (SSSR count). The van der Waals surface area contributed by atoms with Gasteiger partial charge in [-0.2, -0.15) is 5.10 Å². The van der Waals surface area contributed by atoms with Crippen LogP contribution in [0.3, 0.4) is 0 Å². The molecule has 0 bridgehead atoms. The van der Waals surface area contributed by atoms with Gasteiger partial charge >= 0.3 is 0 Å². The molecule has 1 aliphatic rings. The van der Waals surface area contributed by atoms with Crippen LogP contribution in [0, 0.1) is 17.7 Å². The second-order valence-corrected chi connectivity index (χ2v) is 7.16. The number of halogens is 1. The van der Waals surface area contributed by atoms with Crippen LogP contribution in [0.2, 0.25) is 0 Å². The van der Waals surface area contributed by atoms with Crippen molar-refractivity contribution in [1.29, 1.82) is 0 Å². The second-order valence-electron chi connectivity index (χ2n) is 7.16. The molecule has 5 nitrogen and oxygen atoms in total. The van der Waals surface area contributed by atoms with Crippen molar-refractivity contribution >= 4 is 5.91 Å². The van der Waals surface area contributed by atoms with Crippen LogP contribution in [-0.4, -0.2) is 40.7 Å². The quantitative estimate of drug-likeness (QED) is 0.877. The SMILES string of the molecule is CC(C)CNC[C@@H]1CC(=O)N(C)[C@H]1c1cnn(-c2ccc(F)cc2)c1. The Kier molecular flexibility index (Phi) is 5.18.